The molecule has 0 bridgehead atoms. The molecular weight excluding hydrogens is 459 g/mol. The van der Waals surface area contributed by atoms with Crippen molar-refractivity contribution < 1.29 is 18.7 Å². The molecule has 3 aromatic carbocycles. The number of hydrogen-bond donors (Lipinski definition) is 0. The van der Waals surface area contributed by atoms with Crippen LogP contribution in [0.4, 0.5) is 14.9 Å². The Hall–Kier alpha value is -4.33. The maximum atomic E-state index is 14.8. The van der Waals surface area contributed by atoms with Gasteiger partial charge in [0, 0.05) is 5.56 Å². The van der Waals surface area contributed by atoms with Gasteiger partial charge in [-0.1, -0.05) is 60.7 Å². The van der Waals surface area contributed by atoms with E-state index in [0.29, 0.717) is 5.69 Å². The summed E-state index contributed by atoms with van der Waals surface area (Å²) in [5.41, 5.74) is 0.418. The maximum absolute atomic E-state index is 14.8. The normalized spacial score (nSPS) is 15.6. The van der Waals surface area contributed by atoms with Crippen LogP contribution in [0.1, 0.15) is 44.9 Å². The van der Waals surface area contributed by atoms with Crippen LogP contribution < -0.4 is 5.01 Å². The van der Waals surface area contributed by atoms with Crippen molar-refractivity contribution >= 4 is 29.1 Å². The van der Waals surface area contributed by atoms with Gasteiger partial charge >= 0.3 is 12.0 Å². The average Bonchev–Trinajstić information content (AvgIpc) is 3.18. The van der Waals surface area contributed by atoms with Crippen LogP contribution in [0.5, 0.6) is 0 Å². The van der Waals surface area contributed by atoms with Gasteiger partial charge in [0.25, 0.3) is 0 Å². The summed E-state index contributed by atoms with van der Waals surface area (Å²) in [5.74, 6) is -1.15. The summed E-state index contributed by atoms with van der Waals surface area (Å²) >= 11 is 0. The average molecular weight is 487 g/mol. The van der Waals surface area contributed by atoms with Crippen molar-refractivity contribution in [2.24, 2.45) is 10.2 Å². The Labute approximate surface area is 209 Å². The van der Waals surface area contributed by atoms with E-state index in [1.807, 2.05) is 36.4 Å². The molecule has 36 heavy (non-hydrogen) atoms. The molecule has 1 aliphatic rings. The summed E-state index contributed by atoms with van der Waals surface area (Å²) in [7, 11) is 0. The first-order valence-electron chi connectivity index (χ1n) is 11.5. The Morgan fingerprint density at radius 2 is 1.56 bits per heavy atom. The van der Waals surface area contributed by atoms with Gasteiger partial charge in [0.2, 0.25) is 0 Å². The molecule has 1 aliphatic heterocycles. The molecule has 2 amide bonds. The number of para-hydroxylation sites is 1. The van der Waals surface area contributed by atoms with Crippen LogP contribution in [0.3, 0.4) is 0 Å². The fourth-order valence-electron chi connectivity index (χ4n) is 3.64. The molecule has 0 spiro atoms. The number of halogens is 1. The van der Waals surface area contributed by atoms with E-state index < -0.39 is 29.5 Å². The molecule has 8 heteroatoms. The van der Waals surface area contributed by atoms with Gasteiger partial charge < -0.3 is 4.74 Å². The molecule has 184 valence electrons. The second-order valence-electron chi connectivity index (χ2n) is 9.24. The van der Waals surface area contributed by atoms with Gasteiger partial charge in [-0.05, 0) is 57.5 Å². The first-order valence-corrected chi connectivity index (χ1v) is 11.5. The van der Waals surface area contributed by atoms with E-state index in [0.717, 1.165) is 15.6 Å². The summed E-state index contributed by atoms with van der Waals surface area (Å²) in [4.78, 5) is 26.9. The highest BCUT2D eigenvalue weighted by molar-refractivity contribution is 6.74. The van der Waals surface area contributed by atoms with Crippen LogP contribution in [0.2, 0.25) is 0 Å². The molecule has 7 nitrogen and oxygen atoms in total. The SMILES string of the molecule is CC(c1ccccc1)N(/N=C1\C(=O)N(c2ccccc2)N=C1c1ccccc1F)C(=O)OC(C)(C)C. The predicted molar refractivity (Wildman–Crippen MR) is 137 cm³/mol. The molecule has 1 unspecified atom stereocenters. The number of carbonyl (C=O) groups is 2. The molecule has 1 atom stereocenters. The smallest absolute Gasteiger partial charge is 0.431 e. The third kappa shape index (κ3) is 5.33. The van der Waals surface area contributed by atoms with Crippen molar-refractivity contribution in [1.82, 2.24) is 5.01 Å². The van der Waals surface area contributed by atoms with Gasteiger partial charge in [-0.3, -0.25) is 4.79 Å². The molecule has 0 aliphatic carbocycles. The number of nitrogens with zero attached hydrogens (tertiary/aromatic N) is 4. The van der Waals surface area contributed by atoms with E-state index in [4.69, 9.17) is 4.74 Å². The van der Waals surface area contributed by atoms with Crippen molar-refractivity contribution in [2.75, 3.05) is 5.01 Å². The second-order valence-corrected chi connectivity index (χ2v) is 9.24. The monoisotopic (exact) mass is 486 g/mol. The van der Waals surface area contributed by atoms with E-state index in [9.17, 15) is 14.0 Å². The van der Waals surface area contributed by atoms with Crippen molar-refractivity contribution in [3.8, 4) is 0 Å². The van der Waals surface area contributed by atoms with E-state index in [1.54, 1.807) is 64.1 Å². The quantitative estimate of drug-likeness (QED) is 0.420. The molecule has 0 saturated heterocycles. The highest BCUT2D eigenvalue weighted by Gasteiger charge is 2.38. The zero-order valence-corrected chi connectivity index (χ0v) is 20.6. The van der Waals surface area contributed by atoms with E-state index >= 15 is 0 Å². The summed E-state index contributed by atoms with van der Waals surface area (Å²) in [5, 5.41) is 11.2. The molecule has 0 fully saturated rings. The Morgan fingerprint density at radius 3 is 2.17 bits per heavy atom. The largest absolute Gasteiger partial charge is 0.442 e. The minimum atomic E-state index is -0.801. The fraction of sp³-hybridized carbons (Fsp3) is 0.214. The zero-order valence-electron chi connectivity index (χ0n) is 20.6. The third-order valence-corrected chi connectivity index (χ3v) is 5.39. The number of anilines is 1. The molecule has 1 heterocycles. The van der Waals surface area contributed by atoms with Crippen LogP contribution in [0.15, 0.2) is 95.1 Å². The third-order valence-electron chi connectivity index (χ3n) is 5.39. The maximum Gasteiger partial charge on any atom is 0.431 e. The van der Waals surface area contributed by atoms with Crippen molar-refractivity contribution in [2.45, 2.75) is 39.3 Å². The van der Waals surface area contributed by atoms with E-state index in [2.05, 4.69) is 10.2 Å². The minimum absolute atomic E-state index is 0.0239. The number of amides is 2. The molecular formula is C28H27FN4O3. The number of benzene rings is 3. The van der Waals surface area contributed by atoms with Crippen LogP contribution in [0, 0.1) is 5.82 Å². The number of hydrogen-bond acceptors (Lipinski definition) is 5. The lowest BCUT2D eigenvalue weighted by atomic mass is 10.1. The highest BCUT2D eigenvalue weighted by atomic mass is 19.1. The lowest BCUT2D eigenvalue weighted by Gasteiger charge is -2.28. The van der Waals surface area contributed by atoms with Crippen LogP contribution in [-0.4, -0.2) is 34.0 Å². The van der Waals surface area contributed by atoms with Crippen LogP contribution in [-0.2, 0) is 9.53 Å². The molecule has 3 aromatic rings. The van der Waals surface area contributed by atoms with Crippen LogP contribution >= 0.6 is 0 Å². The predicted octanol–water partition coefficient (Wildman–Crippen LogP) is 5.93. The number of ether oxygens (including phenoxy) is 1. The van der Waals surface area contributed by atoms with Gasteiger partial charge in [0.1, 0.15) is 17.1 Å². The van der Waals surface area contributed by atoms with Crippen molar-refractivity contribution in [3.05, 3.63) is 102 Å². The van der Waals surface area contributed by atoms with Crippen LogP contribution in [0.25, 0.3) is 0 Å². The number of rotatable bonds is 5. The lowest BCUT2D eigenvalue weighted by Crippen LogP contribution is -2.38. The molecule has 4 rings (SSSR count). The van der Waals surface area contributed by atoms with Crippen molar-refractivity contribution in [3.63, 3.8) is 0 Å². The van der Waals surface area contributed by atoms with Gasteiger partial charge in [0.05, 0.1) is 11.7 Å². The minimum Gasteiger partial charge on any atom is -0.442 e. The summed E-state index contributed by atoms with van der Waals surface area (Å²) in [6.45, 7) is 7.01. The Morgan fingerprint density at radius 1 is 0.972 bits per heavy atom. The topological polar surface area (TPSA) is 74.6 Å². The standard InChI is InChI=1S/C28H27FN4O3/c1-19(20-13-7-5-8-14-20)32(27(35)36-28(2,3)4)31-25-24(22-17-11-12-18-23(22)29)30-33(26(25)34)21-15-9-6-10-16-21/h5-19H,1-4H3/b31-25-. The fourth-order valence-corrected chi connectivity index (χ4v) is 3.64. The first-order chi connectivity index (χ1) is 17.2. The van der Waals surface area contributed by atoms with Gasteiger partial charge in [0.15, 0.2) is 5.71 Å². The molecule has 0 aromatic heterocycles. The summed E-state index contributed by atoms with van der Waals surface area (Å²) in [6, 6.07) is 23.4. The number of carbonyl (C=O) groups excluding carboxylic acids is 2. The lowest BCUT2D eigenvalue weighted by molar-refractivity contribution is -0.112. The Bertz CT molecular complexity index is 1320. The summed E-state index contributed by atoms with van der Waals surface area (Å²) < 4.78 is 20.4. The van der Waals surface area contributed by atoms with E-state index in [1.165, 1.54) is 12.1 Å². The van der Waals surface area contributed by atoms with E-state index in [-0.39, 0.29) is 17.0 Å². The first kappa shape index (κ1) is 24.8. The Kier molecular flexibility index (Phi) is 6.96. The second kappa shape index (κ2) is 10.1. The number of hydrazone groups is 2. The molecule has 0 N–H and O–H groups in total. The van der Waals surface area contributed by atoms with Gasteiger partial charge in [-0.25, -0.2) is 9.18 Å². The summed E-state index contributed by atoms with van der Waals surface area (Å²) in [6.07, 6.45) is -0.745. The Balaban J connectivity index is 1.85. The highest BCUT2D eigenvalue weighted by Crippen LogP contribution is 2.27. The van der Waals surface area contributed by atoms with Gasteiger partial charge in [-0.2, -0.15) is 20.2 Å². The molecule has 0 saturated carbocycles. The van der Waals surface area contributed by atoms with Crippen molar-refractivity contribution in [1.29, 1.82) is 0 Å². The zero-order chi connectivity index (χ0) is 25.9. The molecule has 0 radical (unpaired) electrons. The van der Waals surface area contributed by atoms with Gasteiger partial charge in [-0.15, -0.1) is 0 Å².